The first-order valence-electron chi connectivity index (χ1n) is 40.0. The summed E-state index contributed by atoms with van der Waals surface area (Å²) >= 11 is 6.89. The summed E-state index contributed by atoms with van der Waals surface area (Å²) in [5, 5.41) is 38.2. The number of carbonyl (C=O) groups excluding carboxylic acids is 4. The molecule has 8 heterocycles. The molecule has 0 amide bonds. The fourth-order valence-corrected chi connectivity index (χ4v) is 17.7. The molecule has 0 spiro atoms. The van der Waals surface area contributed by atoms with Crippen LogP contribution in [0.25, 0.3) is 139 Å². The molecular formula is C108H95FIr4N4O8S4-4. The third-order valence-electron chi connectivity index (χ3n) is 18.2. The predicted octanol–water partition coefficient (Wildman–Crippen LogP) is 29.5. The topological polar surface area (TPSA) is 201 Å². The van der Waals surface area contributed by atoms with Crippen molar-refractivity contribution in [2.24, 2.45) is 0 Å². The van der Waals surface area contributed by atoms with Crippen LogP contribution in [-0.2, 0) is 99.6 Å². The Morgan fingerprint density at radius 1 is 0.318 bits per heavy atom. The summed E-state index contributed by atoms with van der Waals surface area (Å²) in [5.41, 5.74) is 22.7. The molecule has 17 rings (SSSR count). The zero-order valence-corrected chi connectivity index (χ0v) is 86.2. The van der Waals surface area contributed by atoms with Crippen LogP contribution in [0.4, 0.5) is 4.39 Å². The first kappa shape index (κ1) is 107. The Kier molecular flexibility index (Phi) is 43.3. The second kappa shape index (κ2) is 52.4. The third-order valence-corrected chi connectivity index (χ3v) is 22.6. The Labute approximate surface area is 824 Å². The summed E-state index contributed by atoms with van der Waals surface area (Å²) in [7, 11) is 0. The first-order chi connectivity index (χ1) is 59.9. The number of benzene rings is 9. The number of fused-ring (bicyclic) bond motifs is 4. The number of carbonyl (C=O) groups is 4. The van der Waals surface area contributed by atoms with E-state index in [2.05, 4.69) is 260 Å². The molecule has 9 aromatic carbocycles. The van der Waals surface area contributed by atoms with Crippen molar-refractivity contribution in [3.05, 3.63) is 384 Å². The van der Waals surface area contributed by atoms with Gasteiger partial charge in [-0.25, -0.2) is 4.39 Å². The molecule has 666 valence electrons. The molecule has 12 nitrogen and oxygen atoms in total. The molecule has 0 aliphatic heterocycles. The summed E-state index contributed by atoms with van der Waals surface area (Å²) in [6.45, 7) is 24.1. The summed E-state index contributed by atoms with van der Waals surface area (Å²) < 4.78 is 13.0. The molecule has 8 aromatic heterocycles. The Balaban J connectivity index is 0.000000239. The summed E-state index contributed by atoms with van der Waals surface area (Å²) in [4.78, 5) is 68.6. The fraction of sp³-hybridized carbons (Fsp3) is 0.130. The number of hydrogen-bond acceptors (Lipinski definition) is 16. The van der Waals surface area contributed by atoms with Gasteiger partial charge in [-0.15, -0.1) is 187 Å². The molecular weight excluding hydrogens is 2400 g/mol. The van der Waals surface area contributed by atoms with E-state index < -0.39 is 0 Å². The molecule has 0 unspecified atom stereocenters. The van der Waals surface area contributed by atoms with Gasteiger partial charge in [-0.05, 0) is 161 Å². The van der Waals surface area contributed by atoms with E-state index in [1.807, 2.05) is 54.6 Å². The van der Waals surface area contributed by atoms with Crippen LogP contribution in [0.2, 0.25) is 0 Å². The van der Waals surface area contributed by atoms with E-state index in [0.717, 1.165) is 91.3 Å². The molecule has 4 radical (unpaired) electrons. The summed E-state index contributed by atoms with van der Waals surface area (Å²) in [5.74, 6) is -0.468. The van der Waals surface area contributed by atoms with Gasteiger partial charge in [-0.2, -0.15) is 0 Å². The number of aliphatic hydroxyl groups is 4. The van der Waals surface area contributed by atoms with Crippen LogP contribution in [0.3, 0.4) is 0 Å². The van der Waals surface area contributed by atoms with Crippen LogP contribution in [0, 0.1) is 71.6 Å². The second-order valence-corrected chi connectivity index (χ2v) is 33.6. The van der Waals surface area contributed by atoms with Gasteiger partial charge in [0.2, 0.25) is 0 Å². The standard InChI is InChI=1S/C25H16NS.C23H20NS.C21H16NS.C19H11FNS.4C5H8O2.4Ir/c1-4-10-18(11-5-1)22-17-16-21-23(19-12-6-2-7-13-19)24(27-25(21)26-22)20-14-8-3-9-15-20;1-14-10-15(2)12-19(11-14)20-9-8-18-13-21(25-23(18)24-20)22-16(3)6-5-7-17(22)4;1-14-10-15(2)12-18(11-14)19-9-8-17-13-20(23-21(17)22-19)16-6-4-3-5-7-16;20-16-9-6-14(7-10-16)18-12-15-8-11-17(21-19(15)22-18)13-4-2-1-3-5-13;4*1-4(6)3-5(2)7;;;;/h1-10,12-17H;5-11,13H,1-4H3;3-11,13H,1-2H3;1-4,6-12H;4*3,6H,1-2H3;;;;/q4*-1;;;;;;;;. The van der Waals surface area contributed by atoms with Gasteiger partial charge in [0.1, 0.15) is 25.1 Å². The maximum absolute atomic E-state index is 13.0. The van der Waals surface area contributed by atoms with Crippen molar-refractivity contribution < 1.29 is 124 Å². The van der Waals surface area contributed by atoms with Crippen LogP contribution in [0.1, 0.15) is 88.8 Å². The number of allylic oxidation sites excluding steroid dienone is 8. The minimum absolute atomic E-state index is 0. The molecule has 129 heavy (non-hydrogen) atoms. The minimum atomic E-state index is -0.218. The molecule has 0 bridgehead atoms. The van der Waals surface area contributed by atoms with Gasteiger partial charge in [0, 0.05) is 151 Å². The number of thiophene rings is 4. The van der Waals surface area contributed by atoms with Crippen LogP contribution in [0.5, 0.6) is 0 Å². The van der Waals surface area contributed by atoms with Crippen molar-refractivity contribution in [3.8, 4) is 97.9 Å². The Morgan fingerprint density at radius 2 is 0.651 bits per heavy atom. The number of aromatic nitrogens is 4. The number of halogens is 1. The van der Waals surface area contributed by atoms with Gasteiger partial charge in [0.25, 0.3) is 0 Å². The largest absolute Gasteiger partial charge is 0.512 e. The van der Waals surface area contributed by atoms with E-state index in [1.165, 1.54) is 173 Å². The number of hydrogen-bond donors (Lipinski definition) is 4. The van der Waals surface area contributed by atoms with E-state index in [4.69, 9.17) is 40.4 Å². The molecule has 21 heteroatoms. The SMILES string of the molecule is CC(=O)C=C(C)O.CC(=O)C=C(C)O.CC(=O)C=C(C)O.CC(=O)C=C(C)O.Cc1[c-]c(-c2ccc3cc(-c4c(C)cccc4C)sc3n2)cc(C)c1.Cc1[c-]c(-c2ccc3cc(-c4ccccc4)sc3n2)cc(C)c1.Fc1ccc(-c2cc3ccc(-c4[c-]cccc4)nc3s2)cc1.[Ir].[Ir].[Ir].[Ir].[c-]1ccccc1-c1ccc2c(-c3ccccc3)c(-c3ccccc3)sc2n1. The zero-order valence-electron chi connectivity index (χ0n) is 73.3. The smallest absolute Gasteiger partial charge is 0.155 e. The van der Waals surface area contributed by atoms with Crippen molar-refractivity contribution in [1.29, 1.82) is 0 Å². The number of rotatable bonds is 13. The van der Waals surface area contributed by atoms with Crippen LogP contribution < -0.4 is 0 Å². The molecule has 0 atom stereocenters. The van der Waals surface area contributed by atoms with Crippen LogP contribution >= 0.6 is 45.3 Å². The first-order valence-corrected chi connectivity index (χ1v) is 43.3. The fourth-order valence-electron chi connectivity index (χ4n) is 13.2. The van der Waals surface area contributed by atoms with E-state index in [9.17, 15) is 23.6 Å². The van der Waals surface area contributed by atoms with Gasteiger partial charge >= 0.3 is 0 Å². The average molecular weight is 2490 g/mol. The maximum atomic E-state index is 13.0. The second-order valence-electron chi connectivity index (χ2n) is 29.5. The molecule has 4 N–H and O–H groups in total. The zero-order chi connectivity index (χ0) is 89.8. The summed E-state index contributed by atoms with van der Waals surface area (Å²) in [6.07, 6.45) is 4.67. The molecule has 0 saturated heterocycles. The van der Waals surface area contributed by atoms with Crippen molar-refractivity contribution in [2.45, 2.75) is 96.9 Å². The van der Waals surface area contributed by atoms with Crippen LogP contribution in [0.15, 0.2) is 320 Å². The van der Waals surface area contributed by atoms with Crippen molar-refractivity contribution in [3.63, 3.8) is 0 Å². The third kappa shape index (κ3) is 32.7. The molecule has 0 aliphatic rings. The number of ketones is 4. The number of aliphatic hydroxyl groups excluding tert-OH is 4. The van der Waals surface area contributed by atoms with Crippen LogP contribution in [-0.4, -0.2) is 63.5 Å². The number of aryl methyl sites for hydroxylation is 6. The van der Waals surface area contributed by atoms with E-state index >= 15 is 0 Å². The Morgan fingerprint density at radius 3 is 1.01 bits per heavy atom. The summed E-state index contributed by atoms with van der Waals surface area (Å²) in [6, 6.07) is 106. The minimum Gasteiger partial charge on any atom is -0.512 e. The molecule has 0 fully saturated rings. The quantitative estimate of drug-likeness (QED) is 0.0484. The average Bonchev–Trinajstić information content (AvgIpc) is 1.57. The molecule has 0 aliphatic carbocycles. The molecule has 17 aromatic rings. The predicted molar refractivity (Wildman–Crippen MR) is 519 cm³/mol. The Bertz CT molecular complexity index is 6550. The number of pyridine rings is 4. The normalized spacial score (nSPS) is 10.8. The van der Waals surface area contributed by atoms with E-state index in [-0.39, 0.29) is 132 Å². The monoisotopic (exact) mass is 2490 g/mol. The number of nitrogens with zero attached hydrogens (tertiary/aromatic N) is 4. The van der Waals surface area contributed by atoms with Gasteiger partial charge in [0.15, 0.2) is 23.1 Å². The van der Waals surface area contributed by atoms with Crippen molar-refractivity contribution in [1.82, 2.24) is 19.9 Å². The van der Waals surface area contributed by atoms with E-state index in [1.54, 1.807) is 57.5 Å². The van der Waals surface area contributed by atoms with E-state index in [0.29, 0.717) is 0 Å². The van der Waals surface area contributed by atoms with Gasteiger partial charge < -0.3 is 20.4 Å². The van der Waals surface area contributed by atoms with Crippen molar-refractivity contribution in [2.75, 3.05) is 0 Å². The van der Waals surface area contributed by atoms with Gasteiger partial charge in [0.05, 0.1) is 23.0 Å². The molecule has 0 saturated carbocycles. The van der Waals surface area contributed by atoms with Gasteiger partial charge in [-0.3, -0.25) is 39.1 Å². The van der Waals surface area contributed by atoms with Crippen molar-refractivity contribution >= 4 is 109 Å². The maximum Gasteiger partial charge on any atom is 0.155 e. The Hall–Kier alpha value is -11.2. The van der Waals surface area contributed by atoms with Gasteiger partial charge in [-0.1, -0.05) is 198 Å².